The second-order valence-electron chi connectivity index (χ2n) is 4.93. The second-order valence-corrected chi connectivity index (χ2v) is 5.72. The van der Waals surface area contributed by atoms with Crippen molar-refractivity contribution < 1.29 is 4.74 Å². The summed E-state index contributed by atoms with van der Waals surface area (Å²) in [7, 11) is 3.64. The van der Waals surface area contributed by atoms with E-state index in [0.717, 1.165) is 33.6 Å². The Bertz CT molecular complexity index is 635. The summed E-state index contributed by atoms with van der Waals surface area (Å²) in [6, 6.07) is 4.20. The molecule has 0 aliphatic rings. The molecule has 108 valence electrons. The van der Waals surface area contributed by atoms with E-state index < -0.39 is 0 Å². The zero-order valence-electron chi connectivity index (χ0n) is 12.3. The first-order valence-corrected chi connectivity index (χ1v) is 7.36. The number of aromatic nitrogens is 2. The molecular weight excluding hydrogens is 318 g/mol. The molecular formula is C15H20BrN3O. The van der Waals surface area contributed by atoms with Gasteiger partial charge < -0.3 is 10.5 Å². The van der Waals surface area contributed by atoms with Crippen LogP contribution in [0.2, 0.25) is 0 Å². The Kier molecular flexibility index (Phi) is 4.50. The molecule has 2 aromatic rings. The Morgan fingerprint density at radius 1 is 1.35 bits per heavy atom. The van der Waals surface area contributed by atoms with E-state index in [0.29, 0.717) is 6.54 Å². The van der Waals surface area contributed by atoms with E-state index in [-0.39, 0.29) is 0 Å². The minimum Gasteiger partial charge on any atom is -0.496 e. The van der Waals surface area contributed by atoms with Crippen LogP contribution in [-0.4, -0.2) is 23.4 Å². The van der Waals surface area contributed by atoms with Gasteiger partial charge in [0.2, 0.25) is 0 Å². The molecule has 2 N–H and O–H groups in total. The van der Waals surface area contributed by atoms with Crippen molar-refractivity contribution in [3.8, 4) is 17.0 Å². The van der Waals surface area contributed by atoms with Crippen LogP contribution < -0.4 is 10.5 Å². The molecule has 0 atom stereocenters. The first-order valence-electron chi connectivity index (χ1n) is 6.56. The standard InChI is InChI=1S/C15H20BrN3O/c1-9-7-10(2)13(12(8-9)20-4)15-14(16)11(5-6-17)18-19(15)3/h7-8H,5-6,17H2,1-4H3. The third-order valence-electron chi connectivity index (χ3n) is 3.34. The number of ether oxygens (including phenoxy) is 1. The highest BCUT2D eigenvalue weighted by atomic mass is 79.9. The van der Waals surface area contributed by atoms with Crippen molar-refractivity contribution in [1.29, 1.82) is 0 Å². The number of benzene rings is 1. The van der Waals surface area contributed by atoms with Crippen molar-refractivity contribution in [3.05, 3.63) is 33.4 Å². The van der Waals surface area contributed by atoms with E-state index in [2.05, 4.69) is 40.9 Å². The Morgan fingerprint density at radius 3 is 2.65 bits per heavy atom. The van der Waals surface area contributed by atoms with Crippen LogP contribution >= 0.6 is 15.9 Å². The number of aryl methyl sites for hydroxylation is 3. The highest BCUT2D eigenvalue weighted by Crippen LogP contribution is 2.39. The van der Waals surface area contributed by atoms with Crippen LogP contribution in [0.15, 0.2) is 16.6 Å². The van der Waals surface area contributed by atoms with Gasteiger partial charge in [0.25, 0.3) is 0 Å². The summed E-state index contributed by atoms with van der Waals surface area (Å²) in [4.78, 5) is 0. The minimum atomic E-state index is 0.582. The molecule has 0 radical (unpaired) electrons. The largest absolute Gasteiger partial charge is 0.496 e. The molecule has 0 aliphatic carbocycles. The number of hydrogen-bond acceptors (Lipinski definition) is 3. The van der Waals surface area contributed by atoms with Gasteiger partial charge in [-0.2, -0.15) is 5.10 Å². The third-order valence-corrected chi connectivity index (χ3v) is 4.17. The van der Waals surface area contributed by atoms with Gasteiger partial charge in [0, 0.05) is 19.0 Å². The molecule has 4 nitrogen and oxygen atoms in total. The molecule has 0 aliphatic heterocycles. The maximum atomic E-state index is 5.64. The fourth-order valence-electron chi connectivity index (χ4n) is 2.51. The van der Waals surface area contributed by atoms with Gasteiger partial charge in [-0.1, -0.05) is 6.07 Å². The van der Waals surface area contributed by atoms with E-state index >= 15 is 0 Å². The number of hydrogen-bond donors (Lipinski definition) is 1. The van der Waals surface area contributed by atoms with Crippen LogP contribution in [0.4, 0.5) is 0 Å². The van der Waals surface area contributed by atoms with Crippen molar-refractivity contribution >= 4 is 15.9 Å². The number of halogens is 1. The van der Waals surface area contributed by atoms with Crippen LogP contribution in [0.3, 0.4) is 0 Å². The Hall–Kier alpha value is -1.33. The lowest BCUT2D eigenvalue weighted by Gasteiger charge is -2.14. The normalized spacial score (nSPS) is 10.9. The Labute approximate surface area is 128 Å². The molecule has 0 unspecified atom stereocenters. The second kappa shape index (κ2) is 5.97. The van der Waals surface area contributed by atoms with Gasteiger partial charge in [0.1, 0.15) is 5.75 Å². The molecule has 0 saturated carbocycles. The molecule has 1 aromatic heterocycles. The predicted molar refractivity (Wildman–Crippen MR) is 85.1 cm³/mol. The van der Waals surface area contributed by atoms with Gasteiger partial charge in [-0.05, 0) is 53.5 Å². The fourth-order valence-corrected chi connectivity index (χ4v) is 3.25. The van der Waals surface area contributed by atoms with Gasteiger partial charge in [-0.25, -0.2) is 0 Å². The van der Waals surface area contributed by atoms with Crippen molar-refractivity contribution in [2.45, 2.75) is 20.3 Å². The van der Waals surface area contributed by atoms with Gasteiger partial charge in [-0.15, -0.1) is 0 Å². The van der Waals surface area contributed by atoms with E-state index in [1.54, 1.807) is 7.11 Å². The number of rotatable bonds is 4. The molecule has 1 aromatic carbocycles. The van der Waals surface area contributed by atoms with Crippen LogP contribution in [-0.2, 0) is 13.5 Å². The zero-order valence-corrected chi connectivity index (χ0v) is 13.9. The smallest absolute Gasteiger partial charge is 0.128 e. The predicted octanol–water partition coefficient (Wildman–Crippen LogP) is 2.98. The summed E-state index contributed by atoms with van der Waals surface area (Å²) in [6.07, 6.45) is 0.752. The van der Waals surface area contributed by atoms with E-state index in [1.165, 1.54) is 11.1 Å². The van der Waals surface area contributed by atoms with E-state index in [1.807, 2.05) is 17.8 Å². The van der Waals surface area contributed by atoms with Crippen LogP contribution in [0.5, 0.6) is 5.75 Å². The maximum Gasteiger partial charge on any atom is 0.128 e. The Balaban J connectivity index is 2.68. The number of nitrogens with two attached hydrogens (primary N) is 1. The summed E-state index contributed by atoms with van der Waals surface area (Å²) in [5.41, 5.74) is 11.1. The molecule has 1 heterocycles. The van der Waals surface area contributed by atoms with Crippen LogP contribution in [0, 0.1) is 13.8 Å². The molecule has 5 heteroatoms. The summed E-state index contributed by atoms with van der Waals surface area (Å²) >= 11 is 3.66. The molecule has 2 rings (SSSR count). The summed E-state index contributed by atoms with van der Waals surface area (Å²) in [5.74, 6) is 0.866. The van der Waals surface area contributed by atoms with E-state index in [4.69, 9.17) is 10.5 Å². The molecule has 0 fully saturated rings. The van der Waals surface area contributed by atoms with E-state index in [9.17, 15) is 0 Å². The summed E-state index contributed by atoms with van der Waals surface area (Å²) in [5, 5.41) is 4.55. The summed E-state index contributed by atoms with van der Waals surface area (Å²) in [6.45, 7) is 4.74. The Morgan fingerprint density at radius 2 is 2.05 bits per heavy atom. The quantitative estimate of drug-likeness (QED) is 0.932. The average molecular weight is 338 g/mol. The van der Waals surface area contributed by atoms with Crippen molar-refractivity contribution in [1.82, 2.24) is 9.78 Å². The van der Waals surface area contributed by atoms with Crippen LogP contribution in [0.25, 0.3) is 11.3 Å². The number of nitrogens with zero attached hydrogens (tertiary/aromatic N) is 2. The van der Waals surface area contributed by atoms with Gasteiger partial charge in [0.15, 0.2) is 0 Å². The topological polar surface area (TPSA) is 53.1 Å². The average Bonchev–Trinajstić information content (AvgIpc) is 2.65. The van der Waals surface area contributed by atoms with Gasteiger partial charge in [-0.3, -0.25) is 4.68 Å². The van der Waals surface area contributed by atoms with Gasteiger partial charge >= 0.3 is 0 Å². The maximum absolute atomic E-state index is 5.64. The molecule has 0 saturated heterocycles. The molecule has 0 bridgehead atoms. The summed E-state index contributed by atoms with van der Waals surface area (Å²) < 4.78 is 8.43. The van der Waals surface area contributed by atoms with Crippen molar-refractivity contribution in [3.63, 3.8) is 0 Å². The van der Waals surface area contributed by atoms with Crippen molar-refractivity contribution in [2.24, 2.45) is 12.8 Å². The monoisotopic (exact) mass is 337 g/mol. The number of methoxy groups -OCH3 is 1. The highest BCUT2D eigenvalue weighted by molar-refractivity contribution is 9.10. The zero-order chi connectivity index (χ0) is 14.9. The van der Waals surface area contributed by atoms with Crippen LogP contribution in [0.1, 0.15) is 16.8 Å². The highest BCUT2D eigenvalue weighted by Gasteiger charge is 2.20. The lowest BCUT2D eigenvalue weighted by atomic mass is 10.0. The van der Waals surface area contributed by atoms with Gasteiger partial charge in [0.05, 0.1) is 23.0 Å². The molecule has 20 heavy (non-hydrogen) atoms. The molecule has 0 spiro atoms. The lowest BCUT2D eigenvalue weighted by Crippen LogP contribution is -2.04. The first-order chi connectivity index (χ1) is 9.49. The minimum absolute atomic E-state index is 0.582. The fraction of sp³-hybridized carbons (Fsp3) is 0.400. The van der Waals surface area contributed by atoms with Crippen molar-refractivity contribution in [2.75, 3.05) is 13.7 Å². The molecule has 0 amide bonds. The third kappa shape index (κ3) is 2.60. The SMILES string of the molecule is COc1cc(C)cc(C)c1-c1c(Br)c(CCN)nn1C. The lowest BCUT2D eigenvalue weighted by molar-refractivity contribution is 0.415. The first kappa shape index (κ1) is 15.1.